The Morgan fingerprint density at radius 2 is 1.59 bits per heavy atom. The molecule has 2 aromatic carbocycles. The van der Waals surface area contributed by atoms with Crippen LogP contribution in [-0.4, -0.2) is 64.9 Å². The monoisotopic (exact) mass is 392 g/mol. The van der Waals surface area contributed by atoms with Gasteiger partial charge in [-0.3, -0.25) is 9.80 Å². The quantitative estimate of drug-likeness (QED) is 0.821. The van der Waals surface area contributed by atoms with Crippen molar-refractivity contribution < 1.29 is 10.2 Å². The van der Waals surface area contributed by atoms with Gasteiger partial charge in [0.15, 0.2) is 0 Å². The van der Waals surface area contributed by atoms with E-state index in [1.54, 1.807) is 0 Å². The summed E-state index contributed by atoms with van der Waals surface area (Å²) in [5.74, 6) is 0.468. The maximum atomic E-state index is 11.0. The molecule has 2 aliphatic heterocycles. The van der Waals surface area contributed by atoms with E-state index in [2.05, 4.69) is 64.4 Å². The van der Waals surface area contributed by atoms with Gasteiger partial charge in [0.25, 0.3) is 0 Å². The molecule has 2 N–H and O–H groups in total. The number of likely N-dealkylation sites (tertiary alicyclic amines) is 2. The molecule has 1 aliphatic carbocycles. The van der Waals surface area contributed by atoms with Gasteiger partial charge < -0.3 is 10.2 Å². The van der Waals surface area contributed by atoms with Gasteiger partial charge >= 0.3 is 0 Å². The van der Waals surface area contributed by atoms with Crippen LogP contribution in [0.1, 0.15) is 29.9 Å². The third-order valence-corrected chi connectivity index (χ3v) is 7.75. The summed E-state index contributed by atoms with van der Waals surface area (Å²) in [5, 5.41) is 21.1. The third kappa shape index (κ3) is 3.42. The van der Waals surface area contributed by atoms with Crippen molar-refractivity contribution >= 4 is 0 Å². The molecular formula is C25H32N2O2. The lowest BCUT2D eigenvalue weighted by atomic mass is 9.95. The lowest BCUT2D eigenvalue weighted by molar-refractivity contribution is 0.0996. The van der Waals surface area contributed by atoms with E-state index < -0.39 is 0 Å². The minimum atomic E-state index is -0.341. The minimum Gasteiger partial charge on any atom is -0.396 e. The van der Waals surface area contributed by atoms with Crippen LogP contribution in [0.2, 0.25) is 0 Å². The average Bonchev–Trinajstić information content (AvgIpc) is 3.30. The Hall–Kier alpha value is -1.72. The molecule has 4 nitrogen and oxygen atoms in total. The average molecular weight is 393 g/mol. The molecule has 0 bridgehead atoms. The molecule has 0 unspecified atom stereocenters. The number of nitrogens with zero attached hydrogens (tertiary/aromatic N) is 2. The third-order valence-electron chi connectivity index (χ3n) is 7.75. The van der Waals surface area contributed by atoms with Crippen molar-refractivity contribution in [2.75, 3.05) is 32.8 Å². The van der Waals surface area contributed by atoms with Crippen molar-refractivity contribution in [2.45, 2.75) is 37.5 Å². The van der Waals surface area contributed by atoms with Crippen LogP contribution in [0.5, 0.6) is 0 Å². The van der Waals surface area contributed by atoms with Gasteiger partial charge in [-0.05, 0) is 48.9 Å². The fourth-order valence-corrected chi connectivity index (χ4v) is 6.17. The van der Waals surface area contributed by atoms with Crippen molar-refractivity contribution in [1.29, 1.82) is 0 Å². The van der Waals surface area contributed by atoms with E-state index in [-0.39, 0.29) is 30.0 Å². The molecule has 0 aromatic heterocycles. The van der Waals surface area contributed by atoms with Crippen LogP contribution >= 0.6 is 0 Å². The van der Waals surface area contributed by atoms with Gasteiger partial charge in [-0.25, -0.2) is 0 Å². The van der Waals surface area contributed by atoms with Crippen LogP contribution in [-0.2, 0) is 6.54 Å². The molecule has 3 fully saturated rings. The van der Waals surface area contributed by atoms with Crippen molar-refractivity contribution in [3.05, 3.63) is 71.8 Å². The van der Waals surface area contributed by atoms with Crippen LogP contribution in [0, 0.1) is 11.3 Å². The van der Waals surface area contributed by atoms with Crippen molar-refractivity contribution in [1.82, 2.24) is 9.80 Å². The Balaban J connectivity index is 1.22. The SMILES string of the molecule is OC[C@@H]1[C@@H](c2ccccc2)[C@]12CN(C1CCN(Cc3ccccc3)CC1)C[C@H]2O. The number of piperidine rings is 1. The maximum absolute atomic E-state index is 11.0. The number of hydrogen-bond acceptors (Lipinski definition) is 4. The van der Waals surface area contributed by atoms with E-state index in [1.165, 1.54) is 11.1 Å². The van der Waals surface area contributed by atoms with Gasteiger partial charge in [-0.15, -0.1) is 0 Å². The molecule has 3 aliphatic rings. The molecule has 1 saturated carbocycles. The van der Waals surface area contributed by atoms with E-state index >= 15 is 0 Å². The van der Waals surface area contributed by atoms with Crippen LogP contribution < -0.4 is 0 Å². The van der Waals surface area contributed by atoms with Gasteiger partial charge in [0.05, 0.1) is 6.10 Å². The molecule has 5 rings (SSSR count). The second-order valence-electron chi connectivity index (χ2n) is 9.23. The van der Waals surface area contributed by atoms with E-state index in [0.717, 1.165) is 45.6 Å². The second-order valence-corrected chi connectivity index (χ2v) is 9.23. The molecule has 2 aromatic rings. The lowest BCUT2D eigenvalue weighted by Gasteiger charge is -2.36. The predicted molar refractivity (Wildman–Crippen MR) is 115 cm³/mol. The minimum absolute atomic E-state index is 0.155. The highest BCUT2D eigenvalue weighted by Gasteiger charge is 2.71. The molecule has 2 saturated heterocycles. The number of benzene rings is 2. The maximum Gasteiger partial charge on any atom is 0.0745 e. The van der Waals surface area contributed by atoms with Crippen LogP contribution in [0.15, 0.2) is 60.7 Å². The molecule has 0 radical (unpaired) electrons. The normalized spacial score (nSPS) is 33.4. The van der Waals surface area contributed by atoms with Crippen LogP contribution in [0.3, 0.4) is 0 Å². The fourth-order valence-electron chi connectivity index (χ4n) is 6.17. The van der Waals surface area contributed by atoms with E-state index in [9.17, 15) is 10.2 Å². The smallest absolute Gasteiger partial charge is 0.0745 e. The summed E-state index contributed by atoms with van der Waals surface area (Å²) in [6.07, 6.45) is 1.98. The van der Waals surface area contributed by atoms with E-state index in [0.29, 0.717) is 6.04 Å². The van der Waals surface area contributed by atoms with Crippen molar-refractivity contribution in [2.24, 2.45) is 11.3 Å². The largest absolute Gasteiger partial charge is 0.396 e. The Bertz CT molecular complexity index is 806. The van der Waals surface area contributed by atoms with E-state index in [4.69, 9.17) is 0 Å². The highest BCUT2D eigenvalue weighted by Crippen LogP contribution is 2.69. The summed E-state index contributed by atoms with van der Waals surface area (Å²) in [5.41, 5.74) is 2.50. The second kappa shape index (κ2) is 7.84. The number of β-amino-alcohol motifs (C(OH)–C–C–N with tert-alkyl or cyclic N) is 1. The predicted octanol–water partition coefficient (Wildman–Crippen LogP) is 2.72. The molecule has 29 heavy (non-hydrogen) atoms. The standard InChI is InChI=1S/C25H32N2O2/c28-17-22-24(20-9-5-2-6-10-20)25(22)18-27(16-23(25)29)21-11-13-26(14-12-21)15-19-7-3-1-4-8-19/h1-10,21-24,28-29H,11-18H2/t22-,23-,24-,25-/m1/s1. The van der Waals surface area contributed by atoms with Gasteiger partial charge in [0.2, 0.25) is 0 Å². The van der Waals surface area contributed by atoms with Crippen molar-refractivity contribution in [3.8, 4) is 0 Å². The number of rotatable bonds is 5. The molecule has 4 atom stereocenters. The van der Waals surface area contributed by atoms with Crippen molar-refractivity contribution in [3.63, 3.8) is 0 Å². The first kappa shape index (κ1) is 19.3. The summed E-state index contributed by atoms with van der Waals surface area (Å²) in [7, 11) is 0. The molecular weight excluding hydrogens is 360 g/mol. The summed E-state index contributed by atoms with van der Waals surface area (Å²) < 4.78 is 0. The first-order chi connectivity index (χ1) is 14.2. The first-order valence-electron chi connectivity index (χ1n) is 11.1. The zero-order chi connectivity index (χ0) is 19.8. The van der Waals surface area contributed by atoms with Gasteiger partial charge in [0.1, 0.15) is 0 Å². The lowest BCUT2D eigenvalue weighted by Crippen LogP contribution is -2.44. The van der Waals surface area contributed by atoms with Gasteiger partial charge in [0, 0.05) is 37.7 Å². The Morgan fingerprint density at radius 3 is 2.24 bits per heavy atom. The van der Waals surface area contributed by atoms with E-state index in [1.807, 2.05) is 6.07 Å². The highest BCUT2D eigenvalue weighted by molar-refractivity contribution is 5.36. The Kier molecular flexibility index (Phi) is 5.21. The molecule has 154 valence electrons. The number of aliphatic hydroxyl groups excluding tert-OH is 2. The molecule has 0 amide bonds. The molecule has 1 spiro atoms. The zero-order valence-corrected chi connectivity index (χ0v) is 17.0. The first-order valence-corrected chi connectivity index (χ1v) is 11.1. The fraction of sp³-hybridized carbons (Fsp3) is 0.520. The van der Waals surface area contributed by atoms with Gasteiger partial charge in [-0.1, -0.05) is 60.7 Å². The Morgan fingerprint density at radius 1 is 0.931 bits per heavy atom. The topological polar surface area (TPSA) is 46.9 Å². The number of hydrogen-bond donors (Lipinski definition) is 2. The molecule has 4 heteroatoms. The molecule has 2 heterocycles. The Labute approximate surface area is 173 Å². The van der Waals surface area contributed by atoms with Gasteiger partial charge in [-0.2, -0.15) is 0 Å². The summed E-state index contributed by atoms with van der Waals surface area (Å²) >= 11 is 0. The summed E-state index contributed by atoms with van der Waals surface area (Å²) in [6, 6.07) is 21.7. The highest BCUT2D eigenvalue weighted by atomic mass is 16.3. The van der Waals surface area contributed by atoms with Crippen LogP contribution in [0.25, 0.3) is 0 Å². The number of aliphatic hydroxyl groups is 2. The summed E-state index contributed by atoms with van der Waals surface area (Å²) in [4.78, 5) is 5.07. The summed E-state index contributed by atoms with van der Waals surface area (Å²) in [6.45, 7) is 5.10. The zero-order valence-electron chi connectivity index (χ0n) is 17.0. The van der Waals surface area contributed by atoms with Crippen LogP contribution in [0.4, 0.5) is 0 Å².